The average Bonchev–Trinajstić information content (AvgIpc) is 2.84. The number of non-ortho nitro benzene ring substituents is 1. The summed E-state index contributed by atoms with van der Waals surface area (Å²) in [6.07, 6.45) is 6.75. The molecule has 0 radical (unpaired) electrons. The van der Waals surface area contributed by atoms with E-state index in [0.717, 1.165) is 57.4 Å². The number of likely N-dealkylation sites (tertiary alicyclic amines) is 2. The van der Waals surface area contributed by atoms with Gasteiger partial charge in [-0.3, -0.25) is 24.7 Å². The molecular formula is C25H30ClN3O3. The average molecular weight is 456 g/mol. The van der Waals surface area contributed by atoms with Gasteiger partial charge in [0.25, 0.3) is 5.69 Å². The number of nitro benzene ring substituents is 1. The monoisotopic (exact) mass is 455 g/mol. The van der Waals surface area contributed by atoms with Gasteiger partial charge in [-0.25, -0.2) is 0 Å². The van der Waals surface area contributed by atoms with Gasteiger partial charge in [0, 0.05) is 22.7 Å². The molecule has 2 fully saturated rings. The minimum absolute atomic E-state index is 0.0738. The molecule has 0 spiro atoms. The van der Waals surface area contributed by atoms with E-state index in [1.54, 1.807) is 24.3 Å². The van der Waals surface area contributed by atoms with Crippen LogP contribution in [0, 0.1) is 10.1 Å². The maximum absolute atomic E-state index is 14.0. The van der Waals surface area contributed by atoms with Gasteiger partial charge in [0.05, 0.1) is 17.0 Å². The highest BCUT2D eigenvalue weighted by Gasteiger charge is 2.39. The van der Waals surface area contributed by atoms with Gasteiger partial charge in [-0.1, -0.05) is 36.6 Å². The molecule has 4 rings (SSSR count). The fraction of sp³-hybridized carbons (Fsp3) is 0.480. The summed E-state index contributed by atoms with van der Waals surface area (Å²) in [5.41, 5.74) is 1.70. The Bertz CT molecular complexity index is 920. The van der Waals surface area contributed by atoms with Crippen molar-refractivity contribution in [3.8, 4) is 0 Å². The van der Waals surface area contributed by atoms with Crippen molar-refractivity contribution in [2.45, 2.75) is 50.6 Å². The summed E-state index contributed by atoms with van der Waals surface area (Å²) >= 11 is 6.08. The topological polar surface area (TPSA) is 66.7 Å². The van der Waals surface area contributed by atoms with Crippen molar-refractivity contribution in [2.75, 3.05) is 26.2 Å². The summed E-state index contributed by atoms with van der Waals surface area (Å²) in [6.45, 7) is 3.64. The summed E-state index contributed by atoms with van der Waals surface area (Å²) < 4.78 is 0. The first-order chi connectivity index (χ1) is 15.5. The van der Waals surface area contributed by atoms with Gasteiger partial charge in [-0.2, -0.15) is 0 Å². The smallest absolute Gasteiger partial charge is 0.269 e. The van der Waals surface area contributed by atoms with E-state index in [1.807, 2.05) is 24.3 Å². The van der Waals surface area contributed by atoms with Crippen LogP contribution in [0.4, 0.5) is 5.69 Å². The second kappa shape index (κ2) is 10.6. The zero-order valence-electron chi connectivity index (χ0n) is 18.3. The highest BCUT2D eigenvalue weighted by atomic mass is 35.5. The van der Waals surface area contributed by atoms with Gasteiger partial charge in [0.15, 0.2) is 5.78 Å². The van der Waals surface area contributed by atoms with Gasteiger partial charge in [-0.05, 0) is 81.7 Å². The van der Waals surface area contributed by atoms with Crippen molar-refractivity contribution in [3.63, 3.8) is 0 Å². The molecule has 170 valence electrons. The van der Waals surface area contributed by atoms with E-state index in [-0.39, 0.29) is 28.5 Å². The van der Waals surface area contributed by atoms with E-state index in [9.17, 15) is 14.9 Å². The molecule has 2 aromatic rings. The number of halogens is 1. The SMILES string of the molecule is O=C(c1ccc(Cl)cc1)[C@H]([C@@H](c1ccc([N+](=O)[O-])cc1)N1CCCCC1)N1CCCCC1. The van der Waals surface area contributed by atoms with Crippen molar-refractivity contribution in [1.82, 2.24) is 9.80 Å². The predicted molar refractivity (Wildman–Crippen MR) is 126 cm³/mol. The number of nitro groups is 1. The van der Waals surface area contributed by atoms with E-state index in [2.05, 4.69) is 9.80 Å². The number of benzene rings is 2. The highest BCUT2D eigenvalue weighted by molar-refractivity contribution is 6.30. The Balaban J connectivity index is 1.76. The molecule has 2 aliphatic rings. The van der Waals surface area contributed by atoms with Crippen molar-refractivity contribution < 1.29 is 9.72 Å². The molecule has 7 heteroatoms. The van der Waals surface area contributed by atoms with Crippen molar-refractivity contribution in [2.24, 2.45) is 0 Å². The molecule has 0 aliphatic carbocycles. The van der Waals surface area contributed by atoms with Crippen LogP contribution in [0.2, 0.25) is 5.02 Å². The van der Waals surface area contributed by atoms with Gasteiger partial charge < -0.3 is 0 Å². The number of ketones is 1. The number of carbonyl (C=O) groups is 1. The van der Waals surface area contributed by atoms with E-state index in [0.29, 0.717) is 10.6 Å². The second-order valence-electron chi connectivity index (χ2n) is 8.80. The number of rotatable bonds is 7. The van der Waals surface area contributed by atoms with Gasteiger partial charge in [-0.15, -0.1) is 0 Å². The van der Waals surface area contributed by atoms with Crippen molar-refractivity contribution in [3.05, 3.63) is 74.8 Å². The van der Waals surface area contributed by atoms with Crippen LogP contribution < -0.4 is 0 Å². The molecule has 0 bridgehead atoms. The lowest BCUT2D eigenvalue weighted by Gasteiger charge is -2.44. The van der Waals surface area contributed by atoms with Crippen LogP contribution in [-0.4, -0.2) is 52.7 Å². The molecule has 2 aliphatic heterocycles. The molecular weight excluding hydrogens is 426 g/mol. The van der Waals surface area contributed by atoms with Crippen LogP contribution >= 0.6 is 11.6 Å². The number of Topliss-reactive ketones (excluding diaryl/α,β-unsaturated/α-hetero) is 1. The Morgan fingerprint density at radius 2 is 1.34 bits per heavy atom. The molecule has 0 amide bonds. The largest absolute Gasteiger partial charge is 0.294 e. The number of nitrogens with zero attached hydrogens (tertiary/aromatic N) is 3. The third-order valence-electron chi connectivity index (χ3n) is 6.71. The molecule has 6 nitrogen and oxygen atoms in total. The molecule has 2 aromatic carbocycles. The normalized spacial score (nSPS) is 19.9. The molecule has 2 heterocycles. The fourth-order valence-corrected chi connectivity index (χ4v) is 5.20. The number of piperidine rings is 2. The second-order valence-corrected chi connectivity index (χ2v) is 9.24. The fourth-order valence-electron chi connectivity index (χ4n) is 5.07. The Kier molecular flexibility index (Phi) is 7.55. The van der Waals surface area contributed by atoms with E-state index in [4.69, 9.17) is 11.6 Å². The summed E-state index contributed by atoms with van der Waals surface area (Å²) in [5, 5.41) is 11.8. The number of hydrogen-bond acceptors (Lipinski definition) is 5. The quantitative estimate of drug-likeness (QED) is 0.312. The van der Waals surface area contributed by atoms with Crippen LogP contribution in [-0.2, 0) is 0 Å². The first-order valence-corrected chi connectivity index (χ1v) is 11.9. The Labute approximate surface area is 194 Å². The standard InChI is InChI=1S/C25H30ClN3O3/c26-21-11-7-20(8-12-21)25(30)24(28-17-5-2-6-18-28)23(27-15-3-1-4-16-27)19-9-13-22(14-10-19)29(31)32/h7-14,23-24H,1-6,15-18H2/t23-,24+/m1/s1. The zero-order chi connectivity index (χ0) is 22.5. The third kappa shape index (κ3) is 5.20. The number of hydrogen-bond donors (Lipinski definition) is 0. The third-order valence-corrected chi connectivity index (χ3v) is 6.96. The van der Waals surface area contributed by atoms with Crippen LogP contribution in [0.15, 0.2) is 48.5 Å². The highest BCUT2D eigenvalue weighted by Crippen LogP contribution is 2.34. The molecule has 0 N–H and O–H groups in total. The summed E-state index contributed by atoms with van der Waals surface area (Å²) in [4.78, 5) is 29.6. The van der Waals surface area contributed by atoms with E-state index >= 15 is 0 Å². The Morgan fingerprint density at radius 3 is 1.88 bits per heavy atom. The summed E-state index contributed by atoms with van der Waals surface area (Å²) in [5.74, 6) is 0.0949. The molecule has 2 atom stereocenters. The van der Waals surface area contributed by atoms with Crippen LogP contribution in [0.25, 0.3) is 0 Å². The molecule has 0 unspecified atom stereocenters. The van der Waals surface area contributed by atoms with Crippen LogP contribution in [0.1, 0.15) is 60.5 Å². The lowest BCUT2D eigenvalue weighted by atomic mass is 9.87. The summed E-state index contributed by atoms with van der Waals surface area (Å²) in [7, 11) is 0. The van der Waals surface area contributed by atoms with Crippen molar-refractivity contribution >= 4 is 23.1 Å². The van der Waals surface area contributed by atoms with Crippen LogP contribution in [0.3, 0.4) is 0 Å². The lowest BCUT2D eigenvalue weighted by molar-refractivity contribution is -0.384. The first kappa shape index (κ1) is 22.9. The van der Waals surface area contributed by atoms with Gasteiger partial charge in [0.2, 0.25) is 0 Å². The predicted octanol–water partition coefficient (Wildman–Crippen LogP) is 5.51. The van der Waals surface area contributed by atoms with Gasteiger partial charge >= 0.3 is 0 Å². The van der Waals surface area contributed by atoms with E-state index < -0.39 is 0 Å². The Morgan fingerprint density at radius 1 is 0.812 bits per heavy atom. The maximum atomic E-state index is 14.0. The molecule has 32 heavy (non-hydrogen) atoms. The lowest BCUT2D eigenvalue weighted by Crippen LogP contribution is -2.53. The first-order valence-electron chi connectivity index (χ1n) is 11.6. The minimum atomic E-state index is -0.374. The van der Waals surface area contributed by atoms with Gasteiger partial charge in [0.1, 0.15) is 0 Å². The maximum Gasteiger partial charge on any atom is 0.269 e. The molecule has 0 saturated carbocycles. The van der Waals surface area contributed by atoms with E-state index in [1.165, 1.54) is 12.8 Å². The Hall–Kier alpha value is -2.28. The van der Waals surface area contributed by atoms with Crippen LogP contribution in [0.5, 0.6) is 0 Å². The molecule has 2 saturated heterocycles. The number of carbonyl (C=O) groups excluding carboxylic acids is 1. The molecule has 0 aromatic heterocycles. The summed E-state index contributed by atoms with van der Waals surface area (Å²) in [6, 6.07) is 13.5. The zero-order valence-corrected chi connectivity index (χ0v) is 19.0. The van der Waals surface area contributed by atoms with Crippen molar-refractivity contribution in [1.29, 1.82) is 0 Å². The minimum Gasteiger partial charge on any atom is -0.294 e.